The highest BCUT2D eigenvalue weighted by molar-refractivity contribution is 5.94. The third kappa shape index (κ3) is 5.11. The maximum atomic E-state index is 12.6. The Bertz CT molecular complexity index is 1260. The molecule has 0 radical (unpaired) electrons. The number of carbonyl (C=O) groups is 1. The number of ether oxygens (including phenoxy) is 1. The molecular formula is C31H35N3O2. The Kier molecular flexibility index (Phi) is 6.73. The molecule has 3 aromatic carbocycles. The van der Waals surface area contributed by atoms with Crippen LogP contribution in [-0.2, 0) is 9.53 Å². The Hall–Kier alpha value is -3.73. The van der Waals surface area contributed by atoms with Crippen LogP contribution in [0.2, 0.25) is 0 Å². The number of methoxy groups -OCH3 is 1. The first-order valence-corrected chi connectivity index (χ1v) is 12.8. The number of nitrogens with one attached hydrogen (secondary N) is 2. The molecule has 2 atom stereocenters. The van der Waals surface area contributed by atoms with E-state index >= 15 is 0 Å². The topological polar surface area (TPSA) is 53.6 Å². The monoisotopic (exact) mass is 481 g/mol. The van der Waals surface area contributed by atoms with Gasteiger partial charge in [0.25, 0.3) is 0 Å². The van der Waals surface area contributed by atoms with E-state index in [0.717, 1.165) is 52.6 Å². The number of rotatable bonds is 8. The second-order valence-corrected chi connectivity index (χ2v) is 10.1. The minimum Gasteiger partial charge on any atom is -0.497 e. The van der Waals surface area contributed by atoms with Crippen molar-refractivity contribution in [1.82, 2.24) is 0 Å². The van der Waals surface area contributed by atoms with Crippen molar-refractivity contribution in [2.75, 3.05) is 29.2 Å². The van der Waals surface area contributed by atoms with Gasteiger partial charge in [-0.15, -0.1) is 0 Å². The predicted molar refractivity (Wildman–Crippen MR) is 149 cm³/mol. The van der Waals surface area contributed by atoms with Crippen LogP contribution in [0.5, 0.6) is 0 Å². The van der Waals surface area contributed by atoms with Crippen LogP contribution in [0.3, 0.4) is 0 Å². The minimum absolute atomic E-state index is 0.0728. The van der Waals surface area contributed by atoms with Crippen molar-refractivity contribution in [2.45, 2.75) is 45.2 Å². The molecule has 2 aliphatic rings. The molecule has 1 heterocycles. The lowest BCUT2D eigenvalue weighted by atomic mass is 9.88. The SMILES string of the molecule is C=C(OC)c1ccc(N[C@@H]2C[C@H](C)N(C(C)=O)c3ccc(-c4cccc(NCC5CC5)c4)cc32)cc1. The number of anilines is 3. The maximum absolute atomic E-state index is 12.6. The van der Waals surface area contributed by atoms with Gasteiger partial charge in [0.15, 0.2) is 0 Å². The Morgan fingerprint density at radius 2 is 1.78 bits per heavy atom. The van der Waals surface area contributed by atoms with E-state index in [0.29, 0.717) is 5.76 Å². The number of fused-ring (bicyclic) bond motifs is 1. The molecule has 5 heteroatoms. The van der Waals surface area contributed by atoms with Crippen LogP contribution in [0, 0.1) is 5.92 Å². The summed E-state index contributed by atoms with van der Waals surface area (Å²) in [6.45, 7) is 8.75. The van der Waals surface area contributed by atoms with Gasteiger partial charge < -0.3 is 20.3 Å². The second-order valence-electron chi connectivity index (χ2n) is 10.1. The van der Waals surface area contributed by atoms with Gasteiger partial charge in [0.2, 0.25) is 5.91 Å². The molecule has 1 saturated carbocycles. The quantitative estimate of drug-likeness (QED) is 0.337. The zero-order valence-corrected chi connectivity index (χ0v) is 21.4. The van der Waals surface area contributed by atoms with Gasteiger partial charge in [-0.3, -0.25) is 4.79 Å². The molecule has 1 amide bonds. The van der Waals surface area contributed by atoms with E-state index < -0.39 is 0 Å². The third-order valence-corrected chi connectivity index (χ3v) is 7.30. The Morgan fingerprint density at radius 1 is 1.03 bits per heavy atom. The molecule has 2 N–H and O–H groups in total. The van der Waals surface area contributed by atoms with Crippen LogP contribution in [0.25, 0.3) is 16.9 Å². The molecule has 5 nitrogen and oxygen atoms in total. The number of hydrogen-bond donors (Lipinski definition) is 2. The molecule has 1 aliphatic carbocycles. The van der Waals surface area contributed by atoms with Crippen molar-refractivity contribution in [3.63, 3.8) is 0 Å². The molecular weight excluding hydrogens is 446 g/mol. The average Bonchev–Trinajstić information content (AvgIpc) is 3.72. The molecule has 5 rings (SSSR count). The summed E-state index contributed by atoms with van der Waals surface area (Å²) in [5, 5.41) is 7.30. The fourth-order valence-electron chi connectivity index (χ4n) is 5.12. The van der Waals surface area contributed by atoms with E-state index in [1.54, 1.807) is 14.0 Å². The summed E-state index contributed by atoms with van der Waals surface area (Å²) >= 11 is 0. The van der Waals surface area contributed by atoms with Gasteiger partial charge in [-0.25, -0.2) is 0 Å². The average molecular weight is 482 g/mol. The first-order chi connectivity index (χ1) is 17.4. The van der Waals surface area contributed by atoms with Gasteiger partial charge in [0, 0.05) is 42.1 Å². The molecule has 0 aromatic heterocycles. The molecule has 0 saturated heterocycles. The standard InChI is InChI=1S/C31H35N3O2/c1-20-16-30(33-27-13-10-24(11-14-27)21(2)36-4)29-18-26(12-15-31(29)34(20)22(3)35)25-6-5-7-28(17-25)32-19-23-8-9-23/h5-7,10-15,17-18,20,23,30,32-33H,2,8-9,16,19H2,1,3-4H3/t20-,30+/m0/s1. The lowest BCUT2D eigenvalue weighted by Crippen LogP contribution is -2.43. The largest absolute Gasteiger partial charge is 0.497 e. The fourth-order valence-corrected chi connectivity index (χ4v) is 5.12. The smallest absolute Gasteiger partial charge is 0.224 e. The first-order valence-electron chi connectivity index (χ1n) is 12.8. The van der Waals surface area contributed by atoms with Gasteiger partial charge >= 0.3 is 0 Å². The fraction of sp³-hybridized carbons (Fsp3) is 0.323. The van der Waals surface area contributed by atoms with E-state index in [-0.39, 0.29) is 18.0 Å². The first kappa shape index (κ1) is 24.0. The van der Waals surface area contributed by atoms with Crippen molar-refractivity contribution in [2.24, 2.45) is 5.92 Å². The molecule has 0 spiro atoms. The highest BCUT2D eigenvalue weighted by atomic mass is 16.5. The lowest BCUT2D eigenvalue weighted by Gasteiger charge is -2.39. The van der Waals surface area contributed by atoms with E-state index in [2.05, 4.69) is 78.7 Å². The summed E-state index contributed by atoms with van der Waals surface area (Å²) in [5.74, 6) is 1.54. The lowest BCUT2D eigenvalue weighted by molar-refractivity contribution is -0.117. The molecule has 0 bridgehead atoms. The van der Waals surface area contributed by atoms with Gasteiger partial charge in [-0.1, -0.05) is 24.8 Å². The zero-order chi connectivity index (χ0) is 25.2. The van der Waals surface area contributed by atoms with E-state index in [1.165, 1.54) is 18.4 Å². The predicted octanol–water partition coefficient (Wildman–Crippen LogP) is 7.09. The molecule has 0 unspecified atom stereocenters. The highest BCUT2D eigenvalue weighted by Gasteiger charge is 2.32. The highest BCUT2D eigenvalue weighted by Crippen LogP contribution is 2.41. The summed E-state index contributed by atoms with van der Waals surface area (Å²) in [4.78, 5) is 14.5. The normalized spacial score (nSPS) is 18.8. The number of nitrogens with zero attached hydrogens (tertiary/aromatic N) is 1. The minimum atomic E-state index is 0.0728. The summed E-state index contributed by atoms with van der Waals surface area (Å²) < 4.78 is 5.26. The van der Waals surface area contributed by atoms with Crippen LogP contribution >= 0.6 is 0 Å². The maximum Gasteiger partial charge on any atom is 0.224 e. The Morgan fingerprint density at radius 3 is 2.47 bits per heavy atom. The van der Waals surface area contributed by atoms with Crippen LogP contribution in [0.4, 0.5) is 17.1 Å². The molecule has 186 valence electrons. The Balaban J connectivity index is 1.46. The van der Waals surface area contributed by atoms with Gasteiger partial charge in [0.1, 0.15) is 5.76 Å². The third-order valence-electron chi connectivity index (χ3n) is 7.30. The van der Waals surface area contributed by atoms with Crippen molar-refractivity contribution in [3.8, 4) is 11.1 Å². The molecule has 1 fully saturated rings. The van der Waals surface area contributed by atoms with Gasteiger partial charge in [-0.2, -0.15) is 0 Å². The molecule has 3 aromatic rings. The number of benzene rings is 3. The molecule has 1 aliphatic heterocycles. The van der Waals surface area contributed by atoms with Crippen molar-refractivity contribution in [1.29, 1.82) is 0 Å². The van der Waals surface area contributed by atoms with E-state index in [9.17, 15) is 4.79 Å². The molecule has 36 heavy (non-hydrogen) atoms. The van der Waals surface area contributed by atoms with Crippen LogP contribution < -0.4 is 15.5 Å². The number of hydrogen-bond acceptors (Lipinski definition) is 4. The Labute approximate surface area is 214 Å². The van der Waals surface area contributed by atoms with Crippen LogP contribution in [-0.4, -0.2) is 25.6 Å². The van der Waals surface area contributed by atoms with E-state index in [4.69, 9.17) is 4.74 Å². The van der Waals surface area contributed by atoms with Gasteiger partial charge in [0.05, 0.1) is 13.2 Å². The summed E-state index contributed by atoms with van der Waals surface area (Å²) in [7, 11) is 1.63. The van der Waals surface area contributed by atoms with Crippen molar-refractivity contribution < 1.29 is 9.53 Å². The zero-order valence-electron chi connectivity index (χ0n) is 21.4. The number of carbonyl (C=O) groups excluding carboxylic acids is 1. The van der Waals surface area contributed by atoms with Gasteiger partial charge in [-0.05, 0) is 97.3 Å². The van der Waals surface area contributed by atoms with E-state index in [1.807, 2.05) is 17.0 Å². The van der Waals surface area contributed by atoms with Crippen molar-refractivity contribution >= 4 is 28.7 Å². The second kappa shape index (κ2) is 10.1. The number of amides is 1. The summed E-state index contributed by atoms with van der Waals surface area (Å²) in [6.07, 6.45) is 3.49. The van der Waals surface area contributed by atoms with Crippen molar-refractivity contribution in [3.05, 3.63) is 84.4 Å². The van der Waals surface area contributed by atoms with Crippen LogP contribution in [0.15, 0.2) is 73.3 Å². The van der Waals surface area contributed by atoms with Crippen LogP contribution in [0.1, 0.15) is 50.3 Å². The summed E-state index contributed by atoms with van der Waals surface area (Å²) in [6, 6.07) is 23.4. The summed E-state index contributed by atoms with van der Waals surface area (Å²) in [5.41, 5.74) is 7.59.